The maximum atomic E-state index is 12.3. The zero-order chi connectivity index (χ0) is 15.7. The highest BCUT2D eigenvalue weighted by molar-refractivity contribution is 7.91. The molecular formula is C15H20N2O4S. The average Bonchev–Trinajstić information content (AvgIpc) is 3.06. The third-order valence-electron chi connectivity index (χ3n) is 4.88. The number of nitro groups is 1. The zero-order valence-corrected chi connectivity index (χ0v) is 13.2. The lowest BCUT2D eigenvalue weighted by Crippen LogP contribution is -2.28. The van der Waals surface area contributed by atoms with Crippen LogP contribution in [0.5, 0.6) is 0 Å². The molecule has 1 heterocycles. The number of hydrogen-bond acceptors (Lipinski definition) is 5. The maximum Gasteiger partial charge on any atom is 0.269 e. The molecule has 2 aliphatic rings. The van der Waals surface area contributed by atoms with E-state index in [0.29, 0.717) is 6.54 Å². The van der Waals surface area contributed by atoms with Crippen LogP contribution in [-0.4, -0.2) is 43.6 Å². The first-order chi connectivity index (χ1) is 10.5. The number of nitrogens with zero attached hydrogens (tertiary/aromatic N) is 2. The second-order valence-electron chi connectivity index (χ2n) is 6.28. The fourth-order valence-corrected chi connectivity index (χ4v) is 4.94. The molecule has 1 aromatic rings. The molecular weight excluding hydrogens is 304 g/mol. The van der Waals surface area contributed by atoms with Crippen molar-refractivity contribution in [3.63, 3.8) is 0 Å². The molecule has 1 aliphatic carbocycles. The first-order valence-electron chi connectivity index (χ1n) is 7.65. The summed E-state index contributed by atoms with van der Waals surface area (Å²) in [4.78, 5) is 12.5. The number of rotatable bonds is 5. The summed E-state index contributed by atoms with van der Waals surface area (Å²) in [7, 11) is -3.38. The number of fused-ring (bicyclic) bond motifs is 1. The molecule has 0 aromatic heterocycles. The van der Waals surface area contributed by atoms with Crippen LogP contribution in [0.15, 0.2) is 29.2 Å². The predicted molar refractivity (Wildman–Crippen MR) is 82.4 cm³/mol. The lowest BCUT2D eigenvalue weighted by molar-refractivity contribution is -0.384. The monoisotopic (exact) mass is 324 g/mol. The Morgan fingerprint density at radius 2 is 1.73 bits per heavy atom. The van der Waals surface area contributed by atoms with E-state index in [0.717, 1.165) is 24.9 Å². The van der Waals surface area contributed by atoms with Gasteiger partial charge in [-0.05, 0) is 36.8 Å². The van der Waals surface area contributed by atoms with Gasteiger partial charge in [0.05, 0.1) is 15.6 Å². The van der Waals surface area contributed by atoms with E-state index in [9.17, 15) is 18.5 Å². The van der Waals surface area contributed by atoms with Crippen molar-refractivity contribution in [1.29, 1.82) is 0 Å². The van der Waals surface area contributed by atoms with E-state index in [4.69, 9.17) is 0 Å². The second kappa shape index (κ2) is 5.96. The molecule has 22 heavy (non-hydrogen) atoms. The summed E-state index contributed by atoms with van der Waals surface area (Å²) in [5.41, 5.74) is -0.0914. The van der Waals surface area contributed by atoms with E-state index >= 15 is 0 Å². The van der Waals surface area contributed by atoms with Gasteiger partial charge in [0.2, 0.25) is 0 Å². The minimum Gasteiger partial charge on any atom is -0.302 e. The molecule has 120 valence electrons. The Morgan fingerprint density at radius 1 is 1.14 bits per heavy atom. The Bertz CT molecular complexity index is 645. The summed E-state index contributed by atoms with van der Waals surface area (Å²) in [5.74, 6) is 1.58. The fourth-order valence-electron chi connectivity index (χ4n) is 3.66. The fraction of sp³-hybridized carbons (Fsp3) is 0.600. The highest BCUT2D eigenvalue weighted by atomic mass is 32.2. The van der Waals surface area contributed by atoms with E-state index in [1.54, 1.807) is 0 Å². The van der Waals surface area contributed by atoms with Crippen LogP contribution in [0.3, 0.4) is 0 Å². The molecule has 0 spiro atoms. The zero-order valence-electron chi connectivity index (χ0n) is 12.3. The van der Waals surface area contributed by atoms with Crippen molar-refractivity contribution >= 4 is 15.5 Å². The van der Waals surface area contributed by atoms with Crippen LogP contribution in [-0.2, 0) is 9.84 Å². The lowest BCUT2D eigenvalue weighted by atomic mass is 10.0. The van der Waals surface area contributed by atoms with Crippen molar-refractivity contribution in [2.75, 3.05) is 25.4 Å². The molecule has 1 aliphatic heterocycles. The Kier molecular flexibility index (Phi) is 4.18. The Morgan fingerprint density at radius 3 is 2.27 bits per heavy atom. The summed E-state index contributed by atoms with van der Waals surface area (Å²) in [6.07, 6.45) is 3.86. The van der Waals surface area contributed by atoms with Crippen molar-refractivity contribution in [3.05, 3.63) is 34.4 Å². The minimum atomic E-state index is -3.38. The molecule has 1 saturated heterocycles. The Hall–Kier alpha value is -1.47. The molecule has 0 amide bonds. The first-order valence-corrected chi connectivity index (χ1v) is 9.30. The van der Waals surface area contributed by atoms with Crippen molar-refractivity contribution in [2.45, 2.75) is 24.2 Å². The largest absolute Gasteiger partial charge is 0.302 e. The number of non-ortho nitro benzene ring substituents is 1. The van der Waals surface area contributed by atoms with Gasteiger partial charge in [0.15, 0.2) is 9.84 Å². The Labute approximate surface area is 130 Å². The molecule has 3 rings (SSSR count). The van der Waals surface area contributed by atoms with E-state index < -0.39 is 14.8 Å². The topological polar surface area (TPSA) is 80.5 Å². The van der Waals surface area contributed by atoms with Crippen LogP contribution >= 0.6 is 0 Å². The van der Waals surface area contributed by atoms with Gasteiger partial charge < -0.3 is 4.90 Å². The molecule has 0 N–H and O–H groups in total. The van der Waals surface area contributed by atoms with Crippen LogP contribution < -0.4 is 0 Å². The maximum absolute atomic E-state index is 12.3. The smallest absolute Gasteiger partial charge is 0.269 e. The van der Waals surface area contributed by atoms with Crippen molar-refractivity contribution in [2.24, 2.45) is 11.8 Å². The van der Waals surface area contributed by atoms with Gasteiger partial charge in [0.1, 0.15) is 0 Å². The van der Waals surface area contributed by atoms with E-state index in [2.05, 4.69) is 4.90 Å². The number of sulfone groups is 1. The normalized spacial score (nSPS) is 25.3. The summed E-state index contributed by atoms with van der Waals surface area (Å²) >= 11 is 0. The van der Waals surface area contributed by atoms with E-state index in [1.807, 2.05) is 0 Å². The first kappa shape index (κ1) is 15.4. The molecule has 1 aromatic carbocycles. The number of likely N-dealkylation sites (tertiary alicyclic amines) is 1. The number of nitro benzene ring substituents is 1. The summed E-state index contributed by atoms with van der Waals surface area (Å²) in [6, 6.07) is 5.14. The second-order valence-corrected chi connectivity index (χ2v) is 8.39. The molecule has 2 fully saturated rings. The van der Waals surface area contributed by atoms with Crippen LogP contribution in [0.2, 0.25) is 0 Å². The van der Waals surface area contributed by atoms with Crippen molar-refractivity contribution in [1.82, 2.24) is 4.90 Å². The predicted octanol–water partition coefficient (Wildman–Crippen LogP) is 2.10. The molecule has 2 atom stereocenters. The van der Waals surface area contributed by atoms with Gasteiger partial charge in [-0.1, -0.05) is 6.42 Å². The van der Waals surface area contributed by atoms with Crippen molar-refractivity contribution < 1.29 is 13.3 Å². The van der Waals surface area contributed by atoms with Gasteiger partial charge in [0, 0.05) is 31.8 Å². The molecule has 1 saturated carbocycles. The van der Waals surface area contributed by atoms with Crippen LogP contribution in [0.4, 0.5) is 5.69 Å². The summed E-state index contributed by atoms with van der Waals surface area (Å²) in [5, 5.41) is 10.6. The van der Waals surface area contributed by atoms with Crippen LogP contribution in [0, 0.1) is 22.0 Å². The molecule has 6 nitrogen and oxygen atoms in total. The molecule has 0 bridgehead atoms. The third kappa shape index (κ3) is 3.15. The molecule has 0 unspecified atom stereocenters. The number of hydrogen-bond donors (Lipinski definition) is 0. The van der Waals surface area contributed by atoms with Gasteiger partial charge in [-0.25, -0.2) is 8.42 Å². The van der Waals surface area contributed by atoms with Crippen LogP contribution in [0.1, 0.15) is 19.3 Å². The van der Waals surface area contributed by atoms with Gasteiger partial charge in [-0.2, -0.15) is 0 Å². The van der Waals surface area contributed by atoms with Gasteiger partial charge in [0.25, 0.3) is 5.69 Å². The highest BCUT2D eigenvalue weighted by Crippen LogP contribution is 2.37. The van der Waals surface area contributed by atoms with E-state index in [1.165, 1.54) is 43.5 Å². The standard InChI is InChI=1S/C15H20N2O4S/c18-17(19)14-4-6-15(7-5-14)22(20,21)9-8-16-10-12-2-1-3-13(12)11-16/h4-7,12-13H,1-3,8-11H2/t12-,13-/m0/s1. The Balaban J connectivity index is 1.60. The van der Waals surface area contributed by atoms with Gasteiger partial charge in [-0.15, -0.1) is 0 Å². The SMILES string of the molecule is O=[N+]([O-])c1ccc(S(=O)(=O)CCN2C[C@@H]3CCC[C@H]3C2)cc1. The summed E-state index contributed by atoms with van der Waals surface area (Å²) < 4.78 is 24.6. The van der Waals surface area contributed by atoms with Crippen molar-refractivity contribution in [3.8, 4) is 0 Å². The van der Waals surface area contributed by atoms with E-state index in [-0.39, 0.29) is 16.3 Å². The molecule has 7 heteroatoms. The number of benzene rings is 1. The molecule has 0 radical (unpaired) electrons. The quantitative estimate of drug-likeness (QED) is 0.612. The van der Waals surface area contributed by atoms with Gasteiger partial charge in [-0.3, -0.25) is 10.1 Å². The third-order valence-corrected chi connectivity index (χ3v) is 6.60. The average molecular weight is 324 g/mol. The van der Waals surface area contributed by atoms with Crippen LogP contribution in [0.25, 0.3) is 0 Å². The lowest BCUT2D eigenvalue weighted by Gasteiger charge is -2.16. The highest BCUT2D eigenvalue weighted by Gasteiger charge is 2.36. The summed E-state index contributed by atoms with van der Waals surface area (Å²) in [6.45, 7) is 2.58. The van der Waals surface area contributed by atoms with Gasteiger partial charge >= 0.3 is 0 Å². The minimum absolute atomic E-state index is 0.0737.